The summed E-state index contributed by atoms with van der Waals surface area (Å²) in [5.41, 5.74) is 1.29. The Balaban J connectivity index is 2.21. The largest absolute Gasteiger partial charge is 0.339 e. The number of nitrogens with zero attached hydrogens (tertiary/aromatic N) is 2. The first-order valence-electron chi connectivity index (χ1n) is 8.15. The number of hydrogen-bond acceptors (Lipinski definition) is 3. The van der Waals surface area contributed by atoms with Gasteiger partial charge in [0.15, 0.2) is 0 Å². The second-order valence-corrected chi connectivity index (χ2v) is 7.20. The average molecular weight is 334 g/mol. The van der Waals surface area contributed by atoms with Crippen LogP contribution in [0.5, 0.6) is 0 Å². The van der Waals surface area contributed by atoms with E-state index in [0.29, 0.717) is 29.0 Å². The molecule has 0 aliphatic heterocycles. The van der Waals surface area contributed by atoms with Gasteiger partial charge < -0.3 is 9.80 Å². The number of hydrogen-bond donors (Lipinski definition) is 0. The number of amides is 2. The van der Waals surface area contributed by atoms with E-state index in [2.05, 4.69) is 6.26 Å². The van der Waals surface area contributed by atoms with E-state index in [1.54, 1.807) is 11.9 Å². The zero-order chi connectivity index (χ0) is 17.0. The Kier molecular flexibility index (Phi) is 6.10. The van der Waals surface area contributed by atoms with Crippen molar-refractivity contribution in [2.45, 2.75) is 43.9 Å². The number of anilines is 1. The molecule has 2 rings (SSSR count). The minimum absolute atomic E-state index is 0.00288. The molecule has 4 nitrogen and oxygen atoms in total. The normalized spacial score (nSPS) is 20.3. The first-order chi connectivity index (χ1) is 11.0. The van der Waals surface area contributed by atoms with Gasteiger partial charge in [0.25, 0.3) is 5.91 Å². The van der Waals surface area contributed by atoms with Crippen molar-refractivity contribution in [1.82, 2.24) is 4.90 Å². The molecule has 0 N–H and O–H groups in total. The second kappa shape index (κ2) is 7.86. The van der Waals surface area contributed by atoms with Crippen LogP contribution >= 0.6 is 11.8 Å². The molecule has 2 amide bonds. The molecule has 5 heteroatoms. The van der Waals surface area contributed by atoms with E-state index < -0.39 is 0 Å². The Hall–Kier alpha value is -1.49. The van der Waals surface area contributed by atoms with Gasteiger partial charge in [0.05, 0.1) is 11.3 Å². The quantitative estimate of drug-likeness (QED) is 0.828. The Bertz CT molecular complexity index is 576. The Labute approximate surface area is 143 Å². The lowest BCUT2D eigenvalue weighted by Crippen LogP contribution is -2.37. The molecule has 0 saturated heterocycles. The van der Waals surface area contributed by atoms with Gasteiger partial charge in [-0.15, -0.1) is 0 Å². The molecule has 126 valence electrons. The van der Waals surface area contributed by atoms with Crippen LogP contribution in [-0.4, -0.2) is 48.4 Å². The maximum absolute atomic E-state index is 12.9. The van der Waals surface area contributed by atoms with Crippen molar-refractivity contribution in [1.29, 1.82) is 0 Å². The molecule has 1 aliphatic carbocycles. The van der Waals surface area contributed by atoms with Crippen LogP contribution in [0.15, 0.2) is 24.3 Å². The highest BCUT2D eigenvalue weighted by Gasteiger charge is 2.31. The van der Waals surface area contributed by atoms with Crippen LogP contribution in [0, 0.1) is 0 Å². The predicted octanol–water partition coefficient (Wildman–Crippen LogP) is 3.42. The summed E-state index contributed by atoms with van der Waals surface area (Å²) in [6.07, 6.45) is 5.83. The first-order valence-corrected chi connectivity index (χ1v) is 9.43. The van der Waals surface area contributed by atoms with Gasteiger partial charge in [0.1, 0.15) is 0 Å². The van der Waals surface area contributed by atoms with Gasteiger partial charge in [-0.1, -0.05) is 19.1 Å². The van der Waals surface area contributed by atoms with Crippen molar-refractivity contribution in [3.05, 3.63) is 29.8 Å². The molecule has 1 aliphatic rings. The number of carbonyl (C=O) groups excluding carboxylic acids is 2. The van der Waals surface area contributed by atoms with E-state index in [1.807, 2.05) is 54.9 Å². The molecule has 1 fully saturated rings. The standard InChI is InChI=1S/C18H26N2O2S/c1-5-17(21)20(3)16-9-7-6-8-15(16)18(22)19(2)13-10-11-14(12-13)23-4/h6-9,13-14H,5,10-12H2,1-4H3/t13-,14+/m1/s1. The molecule has 0 aromatic heterocycles. The first kappa shape index (κ1) is 17.9. The van der Waals surface area contributed by atoms with Crippen molar-refractivity contribution in [2.75, 3.05) is 25.3 Å². The fourth-order valence-electron chi connectivity index (χ4n) is 3.16. The van der Waals surface area contributed by atoms with Crippen molar-refractivity contribution >= 4 is 29.3 Å². The number of carbonyl (C=O) groups is 2. The summed E-state index contributed by atoms with van der Waals surface area (Å²) in [5.74, 6) is 0.0133. The number of benzene rings is 1. The molecule has 0 spiro atoms. The minimum Gasteiger partial charge on any atom is -0.339 e. The number of para-hydroxylation sites is 1. The second-order valence-electron chi connectivity index (χ2n) is 6.06. The number of rotatable bonds is 5. The summed E-state index contributed by atoms with van der Waals surface area (Å²) in [7, 11) is 3.62. The Morgan fingerprint density at radius 3 is 2.52 bits per heavy atom. The van der Waals surface area contributed by atoms with E-state index in [-0.39, 0.29) is 11.8 Å². The topological polar surface area (TPSA) is 40.6 Å². The third kappa shape index (κ3) is 3.89. The summed E-state index contributed by atoms with van der Waals surface area (Å²) >= 11 is 1.89. The zero-order valence-corrected chi connectivity index (χ0v) is 15.2. The van der Waals surface area contributed by atoms with Crippen LogP contribution in [0.1, 0.15) is 43.0 Å². The lowest BCUT2D eigenvalue weighted by atomic mass is 10.1. The van der Waals surface area contributed by atoms with Crippen molar-refractivity contribution in [3.63, 3.8) is 0 Å². The van der Waals surface area contributed by atoms with Crippen LogP contribution in [0.3, 0.4) is 0 Å². The smallest absolute Gasteiger partial charge is 0.255 e. The third-order valence-corrected chi connectivity index (χ3v) is 5.83. The molecule has 0 heterocycles. The fraction of sp³-hybridized carbons (Fsp3) is 0.556. The predicted molar refractivity (Wildman–Crippen MR) is 97.2 cm³/mol. The van der Waals surface area contributed by atoms with E-state index in [1.165, 1.54) is 6.42 Å². The van der Waals surface area contributed by atoms with Crippen LogP contribution < -0.4 is 4.90 Å². The summed E-state index contributed by atoms with van der Waals surface area (Å²) < 4.78 is 0. The van der Waals surface area contributed by atoms with Crippen molar-refractivity contribution in [2.24, 2.45) is 0 Å². The van der Waals surface area contributed by atoms with Gasteiger partial charge in [0, 0.05) is 31.8 Å². The number of thioether (sulfide) groups is 1. The van der Waals surface area contributed by atoms with Gasteiger partial charge in [-0.3, -0.25) is 9.59 Å². The summed E-state index contributed by atoms with van der Waals surface area (Å²) in [4.78, 5) is 28.4. The Morgan fingerprint density at radius 1 is 1.22 bits per heavy atom. The summed E-state index contributed by atoms with van der Waals surface area (Å²) in [5, 5.41) is 0.648. The Morgan fingerprint density at radius 2 is 1.91 bits per heavy atom. The zero-order valence-electron chi connectivity index (χ0n) is 14.4. The van der Waals surface area contributed by atoms with Crippen molar-refractivity contribution in [3.8, 4) is 0 Å². The lowest BCUT2D eigenvalue weighted by molar-refractivity contribution is -0.118. The highest BCUT2D eigenvalue weighted by Crippen LogP contribution is 2.32. The molecular formula is C18H26N2O2S. The van der Waals surface area contributed by atoms with Crippen molar-refractivity contribution < 1.29 is 9.59 Å². The molecule has 1 aromatic carbocycles. The molecule has 0 radical (unpaired) electrons. The molecule has 2 atom stereocenters. The van der Waals surface area contributed by atoms with Gasteiger partial charge >= 0.3 is 0 Å². The molecular weight excluding hydrogens is 308 g/mol. The highest BCUT2D eigenvalue weighted by molar-refractivity contribution is 7.99. The van der Waals surface area contributed by atoms with Gasteiger partial charge in [-0.05, 0) is 37.7 Å². The van der Waals surface area contributed by atoms with Crippen LogP contribution in [0.4, 0.5) is 5.69 Å². The van der Waals surface area contributed by atoms with Crippen LogP contribution in [0.2, 0.25) is 0 Å². The third-order valence-electron chi connectivity index (χ3n) is 4.73. The van der Waals surface area contributed by atoms with Crippen LogP contribution in [-0.2, 0) is 4.79 Å². The lowest BCUT2D eigenvalue weighted by Gasteiger charge is -2.27. The average Bonchev–Trinajstić information content (AvgIpc) is 3.08. The molecule has 23 heavy (non-hydrogen) atoms. The van der Waals surface area contributed by atoms with E-state index in [4.69, 9.17) is 0 Å². The van der Waals surface area contributed by atoms with Crippen LogP contribution in [0.25, 0.3) is 0 Å². The maximum atomic E-state index is 12.9. The van der Waals surface area contributed by atoms with Gasteiger partial charge in [-0.2, -0.15) is 11.8 Å². The fourth-order valence-corrected chi connectivity index (χ4v) is 3.94. The van der Waals surface area contributed by atoms with Gasteiger partial charge in [-0.25, -0.2) is 0 Å². The highest BCUT2D eigenvalue weighted by atomic mass is 32.2. The summed E-state index contributed by atoms with van der Waals surface area (Å²) in [6, 6.07) is 7.67. The maximum Gasteiger partial charge on any atom is 0.255 e. The monoisotopic (exact) mass is 334 g/mol. The molecule has 0 bridgehead atoms. The van der Waals surface area contributed by atoms with E-state index in [9.17, 15) is 9.59 Å². The molecule has 1 saturated carbocycles. The minimum atomic E-state index is 0.00288. The van der Waals surface area contributed by atoms with E-state index >= 15 is 0 Å². The van der Waals surface area contributed by atoms with E-state index in [0.717, 1.165) is 12.8 Å². The van der Waals surface area contributed by atoms with Gasteiger partial charge in [0.2, 0.25) is 5.91 Å². The molecule has 1 aromatic rings. The summed E-state index contributed by atoms with van der Waals surface area (Å²) in [6.45, 7) is 1.83. The SMILES string of the molecule is CCC(=O)N(C)c1ccccc1C(=O)N(C)[C@@H]1CC[C@H](SC)C1. The molecule has 0 unspecified atom stereocenters.